The molecule has 3 aromatic rings. The van der Waals surface area contributed by atoms with Crippen LogP contribution in [-0.4, -0.2) is 28.3 Å². The summed E-state index contributed by atoms with van der Waals surface area (Å²) in [5.41, 5.74) is 3.02. The summed E-state index contributed by atoms with van der Waals surface area (Å²) in [5, 5.41) is 3.32. The Bertz CT molecular complexity index is 828. The van der Waals surface area contributed by atoms with E-state index in [1.165, 1.54) is 0 Å². The molecule has 3 rings (SSSR count). The Hall–Kier alpha value is -3.02. The third kappa shape index (κ3) is 3.91. The van der Waals surface area contributed by atoms with Gasteiger partial charge in [0.15, 0.2) is 0 Å². The van der Waals surface area contributed by atoms with Gasteiger partial charge in [0.2, 0.25) is 11.8 Å². The number of benzene rings is 1. The molecule has 6 nitrogen and oxygen atoms in total. The molecular formula is C19H22N4O2. The Balaban J connectivity index is 1.71. The maximum Gasteiger partial charge on any atom is 0.213 e. The number of rotatable bonds is 7. The second kappa shape index (κ2) is 7.70. The summed E-state index contributed by atoms with van der Waals surface area (Å²) in [5.74, 6) is 2.26. The van der Waals surface area contributed by atoms with Crippen LogP contribution >= 0.6 is 0 Å². The van der Waals surface area contributed by atoms with Crippen molar-refractivity contribution in [2.75, 3.05) is 19.0 Å². The van der Waals surface area contributed by atoms with Gasteiger partial charge in [-0.1, -0.05) is 6.07 Å². The topological polar surface area (TPSA) is 61.2 Å². The van der Waals surface area contributed by atoms with E-state index in [1.54, 1.807) is 7.11 Å². The van der Waals surface area contributed by atoms with E-state index in [0.29, 0.717) is 19.0 Å². The smallest absolute Gasteiger partial charge is 0.213 e. The lowest BCUT2D eigenvalue weighted by Gasteiger charge is -2.09. The fourth-order valence-electron chi connectivity index (χ4n) is 2.56. The number of imidazole rings is 1. The van der Waals surface area contributed by atoms with Crippen LogP contribution in [0.15, 0.2) is 48.7 Å². The molecule has 0 bridgehead atoms. The first-order valence-electron chi connectivity index (χ1n) is 8.20. The molecule has 0 fully saturated rings. The van der Waals surface area contributed by atoms with Crippen molar-refractivity contribution in [1.29, 1.82) is 0 Å². The number of hydrogen-bond acceptors (Lipinski definition) is 5. The number of aromatic nitrogens is 3. The molecular weight excluding hydrogens is 316 g/mol. The van der Waals surface area contributed by atoms with Crippen molar-refractivity contribution in [3.05, 3.63) is 54.4 Å². The lowest BCUT2D eigenvalue weighted by molar-refractivity contribution is 0.326. The second-order valence-electron chi connectivity index (χ2n) is 5.51. The van der Waals surface area contributed by atoms with Gasteiger partial charge in [0.25, 0.3) is 0 Å². The van der Waals surface area contributed by atoms with Gasteiger partial charge >= 0.3 is 0 Å². The minimum absolute atomic E-state index is 0.577. The number of ether oxygens (including phenoxy) is 2. The number of pyridine rings is 1. The average Bonchev–Trinajstić information content (AvgIpc) is 3.01. The van der Waals surface area contributed by atoms with Crippen molar-refractivity contribution in [2.45, 2.75) is 13.5 Å². The third-order valence-corrected chi connectivity index (χ3v) is 3.88. The normalized spacial score (nSPS) is 10.5. The maximum atomic E-state index is 5.43. The van der Waals surface area contributed by atoms with Gasteiger partial charge in [-0.15, -0.1) is 0 Å². The van der Waals surface area contributed by atoms with E-state index in [-0.39, 0.29) is 0 Å². The monoisotopic (exact) mass is 338 g/mol. The Labute approximate surface area is 147 Å². The number of hydrogen-bond donors (Lipinski definition) is 1. The maximum absolute atomic E-state index is 5.43. The third-order valence-electron chi connectivity index (χ3n) is 3.88. The van der Waals surface area contributed by atoms with Crippen LogP contribution in [0.2, 0.25) is 0 Å². The lowest BCUT2D eigenvalue weighted by Crippen LogP contribution is -2.07. The molecule has 0 unspecified atom stereocenters. The van der Waals surface area contributed by atoms with Crippen LogP contribution in [0.3, 0.4) is 0 Å². The Morgan fingerprint density at radius 2 is 1.92 bits per heavy atom. The summed E-state index contributed by atoms with van der Waals surface area (Å²) in [7, 11) is 3.65. The van der Waals surface area contributed by atoms with E-state index >= 15 is 0 Å². The van der Waals surface area contributed by atoms with Crippen LogP contribution in [0.5, 0.6) is 11.6 Å². The highest BCUT2D eigenvalue weighted by atomic mass is 16.5. The van der Waals surface area contributed by atoms with Gasteiger partial charge in [0, 0.05) is 18.7 Å². The number of nitrogens with zero attached hydrogens (tertiary/aromatic N) is 3. The fraction of sp³-hybridized carbons (Fsp3) is 0.263. The SMILES string of the molecule is CCOc1cccc(CNc2ncc(-c3ccc(OC)cc3)n2C)n1. The van der Waals surface area contributed by atoms with Crippen LogP contribution in [0.25, 0.3) is 11.3 Å². The highest BCUT2D eigenvalue weighted by Gasteiger charge is 2.09. The van der Waals surface area contributed by atoms with Crippen LogP contribution in [-0.2, 0) is 13.6 Å². The Kier molecular flexibility index (Phi) is 5.18. The quantitative estimate of drug-likeness (QED) is 0.714. The molecule has 0 saturated heterocycles. The highest BCUT2D eigenvalue weighted by molar-refractivity contribution is 5.62. The zero-order valence-corrected chi connectivity index (χ0v) is 14.7. The van der Waals surface area contributed by atoms with E-state index in [1.807, 2.05) is 67.2 Å². The van der Waals surface area contributed by atoms with Gasteiger partial charge in [-0.05, 0) is 37.3 Å². The summed E-state index contributed by atoms with van der Waals surface area (Å²) < 4.78 is 12.7. The van der Waals surface area contributed by atoms with E-state index in [4.69, 9.17) is 9.47 Å². The van der Waals surface area contributed by atoms with Crippen LogP contribution in [0, 0.1) is 0 Å². The van der Waals surface area contributed by atoms with Crippen molar-refractivity contribution in [2.24, 2.45) is 7.05 Å². The molecule has 0 radical (unpaired) electrons. The molecule has 2 aromatic heterocycles. The molecule has 0 amide bonds. The molecule has 0 atom stereocenters. The van der Waals surface area contributed by atoms with Crippen LogP contribution in [0.1, 0.15) is 12.6 Å². The number of nitrogens with one attached hydrogen (secondary N) is 1. The van der Waals surface area contributed by atoms with Gasteiger partial charge in [0.1, 0.15) is 5.75 Å². The molecule has 0 aliphatic carbocycles. The standard InChI is InChI=1S/C19H22N4O2/c1-4-25-18-7-5-6-15(22-18)12-20-19-21-13-17(23(19)2)14-8-10-16(24-3)11-9-14/h5-11,13H,4,12H2,1-3H3,(H,20,21). The van der Waals surface area contributed by atoms with E-state index < -0.39 is 0 Å². The molecule has 1 aromatic carbocycles. The van der Waals surface area contributed by atoms with Crippen molar-refractivity contribution < 1.29 is 9.47 Å². The van der Waals surface area contributed by atoms with Crippen LogP contribution in [0.4, 0.5) is 5.95 Å². The second-order valence-corrected chi connectivity index (χ2v) is 5.51. The van der Waals surface area contributed by atoms with Crippen molar-refractivity contribution in [1.82, 2.24) is 14.5 Å². The van der Waals surface area contributed by atoms with Crippen LogP contribution < -0.4 is 14.8 Å². The van der Waals surface area contributed by atoms with Gasteiger partial charge in [-0.2, -0.15) is 0 Å². The highest BCUT2D eigenvalue weighted by Crippen LogP contribution is 2.24. The molecule has 0 aliphatic heterocycles. The van der Waals surface area contributed by atoms with Gasteiger partial charge in [-0.25, -0.2) is 9.97 Å². The summed E-state index contributed by atoms with van der Waals surface area (Å²) in [6.07, 6.45) is 1.86. The first-order valence-corrected chi connectivity index (χ1v) is 8.20. The minimum Gasteiger partial charge on any atom is -0.497 e. The Morgan fingerprint density at radius 1 is 1.12 bits per heavy atom. The zero-order chi connectivity index (χ0) is 17.6. The first-order chi connectivity index (χ1) is 12.2. The van der Waals surface area contributed by atoms with E-state index in [0.717, 1.165) is 28.6 Å². The van der Waals surface area contributed by atoms with Gasteiger partial charge in [-0.3, -0.25) is 0 Å². The molecule has 0 spiro atoms. The lowest BCUT2D eigenvalue weighted by atomic mass is 10.1. The van der Waals surface area contributed by atoms with Crippen molar-refractivity contribution in [3.63, 3.8) is 0 Å². The van der Waals surface area contributed by atoms with E-state index in [2.05, 4.69) is 15.3 Å². The fourth-order valence-corrected chi connectivity index (χ4v) is 2.56. The number of anilines is 1. The molecule has 1 N–H and O–H groups in total. The minimum atomic E-state index is 0.577. The molecule has 2 heterocycles. The summed E-state index contributed by atoms with van der Waals surface area (Å²) in [4.78, 5) is 8.93. The molecule has 0 saturated carbocycles. The molecule has 130 valence electrons. The summed E-state index contributed by atoms with van der Waals surface area (Å²) in [6.45, 7) is 3.13. The summed E-state index contributed by atoms with van der Waals surface area (Å²) in [6, 6.07) is 13.7. The predicted molar refractivity (Wildman–Crippen MR) is 97.9 cm³/mol. The van der Waals surface area contributed by atoms with Crippen molar-refractivity contribution >= 4 is 5.95 Å². The molecule has 6 heteroatoms. The summed E-state index contributed by atoms with van der Waals surface area (Å²) >= 11 is 0. The van der Waals surface area contributed by atoms with Gasteiger partial charge in [0.05, 0.1) is 37.8 Å². The largest absolute Gasteiger partial charge is 0.497 e. The Morgan fingerprint density at radius 3 is 2.64 bits per heavy atom. The zero-order valence-electron chi connectivity index (χ0n) is 14.7. The molecule has 0 aliphatic rings. The van der Waals surface area contributed by atoms with E-state index in [9.17, 15) is 0 Å². The first kappa shape index (κ1) is 16.8. The predicted octanol–water partition coefficient (Wildman–Crippen LogP) is 3.50. The van der Waals surface area contributed by atoms with Gasteiger partial charge < -0.3 is 19.4 Å². The van der Waals surface area contributed by atoms with Crippen molar-refractivity contribution in [3.8, 4) is 22.9 Å². The average molecular weight is 338 g/mol. The number of methoxy groups -OCH3 is 1. The molecule has 25 heavy (non-hydrogen) atoms.